The molecule has 4 rings (SSSR count). The van der Waals surface area contributed by atoms with Gasteiger partial charge in [-0.1, -0.05) is 0 Å². The first-order valence-electron chi connectivity index (χ1n) is 8.32. The number of rotatable bonds is 6. The van der Waals surface area contributed by atoms with Crippen molar-refractivity contribution in [3.05, 3.63) is 47.5 Å². The molecule has 1 aliphatic rings. The predicted molar refractivity (Wildman–Crippen MR) is 105 cm³/mol. The average Bonchev–Trinajstić information content (AvgIpc) is 3.37. The number of carbonyl (C=O) groups excluding carboxylic acids is 1. The highest BCUT2D eigenvalue weighted by Crippen LogP contribution is 2.35. The van der Waals surface area contributed by atoms with E-state index in [4.69, 9.17) is 18.9 Å². The molecule has 2 N–H and O–H groups in total. The van der Waals surface area contributed by atoms with Crippen molar-refractivity contribution in [1.82, 2.24) is 4.98 Å². The lowest BCUT2D eigenvalue weighted by Crippen LogP contribution is -2.12. The smallest absolute Gasteiger partial charge is 0.275 e. The van der Waals surface area contributed by atoms with Crippen molar-refractivity contribution in [1.29, 1.82) is 0 Å². The fraction of sp³-hybridized carbons (Fsp3) is 0.158. The summed E-state index contributed by atoms with van der Waals surface area (Å²) in [5.41, 5.74) is 1.63. The molecule has 144 valence electrons. The van der Waals surface area contributed by atoms with E-state index in [2.05, 4.69) is 15.6 Å². The third-order valence-electron chi connectivity index (χ3n) is 4.02. The van der Waals surface area contributed by atoms with Crippen molar-refractivity contribution < 1.29 is 23.7 Å². The summed E-state index contributed by atoms with van der Waals surface area (Å²) < 4.78 is 21.1. The number of ether oxygens (including phenoxy) is 4. The molecule has 8 nitrogen and oxygen atoms in total. The lowest BCUT2D eigenvalue weighted by Gasteiger charge is -2.10. The SMILES string of the molecule is COc1ccc(Nc2nc(C(=O)Nc3ccc4c(c3)OCO4)cs2)c(OC)c1. The van der Waals surface area contributed by atoms with E-state index in [0.717, 1.165) is 5.69 Å². The van der Waals surface area contributed by atoms with Gasteiger partial charge in [-0.05, 0) is 24.3 Å². The van der Waals surface area contributed by atoms with Crippen molar-refractivity contribution in [2.24, 2.45) is 0 Å². The zero-order valence-electron chi connectivity index (χ0n) is 15.1. The van der Waals surface area contributed by atoms with Gasteiger partial charge in [0.25, 0.3) is 5.91 Å². The Morgan fingerprint density at radius 1 is 1.11 bits per heavy atom. The summed E-state index contributed by atoms with van der Waals surface area (Å²) >= 11 is 1.32. The molecule has 28 heavy (non-hydrogen) atoms. The van der Waals surface area contributed by atoms with E-state index in [0.29, 0.717) is 39.5 Å². The number of anilines is 3. The predicted octanol–water partition coefficient (Wildman–Crippen LogP) is 3.88. The molecule has 1 amide bonds. The van der Waals surface area contributed by atoms with E-state index in [-0.39, 0.29) is 12.7 Å². The molecule has 0 saturated heterocycles. The van der Waals surface area contributed by atoms with Crippen LogP contribution in [-0.2, 0) is 0 Å². The van der Waals surface area contributed by atoms with Gasteiger partial charge in [-0.25, -0.2) is 4.98 Å². The Bertz CT molecular complexity index is 1020. The van der Waals surface area contributed by atoms with E-state index in [1.807, 2.05) is 12.1 Å². The minimum absolute atomic E-state index is 0.183. The zero-order chi connectivity index (χ0) is 19.5. The Morgan fingerprint density at radius 3 is 2.79 bits per heavy atom. The van der Waals surface area contributed by atoms with Crippen LogP contribution in [0.2, 0.25) is 0 Å². The second-order valence-electron chi connectivity index (χ2n) is 5.75. The van der Waals surface area contributed by atoms with Crippen LogP contribution in [0.3, 0.4) is 0 Å². The van der Waals surface area contributed by atoms with Crippen LogP contribution in [0, 0.1) is 0 Å². The number of benzene rings is 2. The first kappa shape index (κ1) is 17.9. The van der Waals surface area contributed by atoms with Gasteiger partial charge in [0, 0.05) is 23.2 Å². The molecule has 1 aliphatic heterocycles. The van der Waals surface area contributed by atoms with Crippen LogP contribution in [0.15, 0.2) is 41.8 Å². The number of thiazole rings is 1. The number of fused-ring (bicyclic) bond motifs is 1. The third kappa shape index (κ3) is 3.65. The van der Waals surface area contributed by atoms with Crippen molar-refractivity contribution >= 4 is 33.8 Å². The quantitative estimate of drug-likeness (QED) is 0.650. The van der Waals surface area contributed by atoms with Crippen LogP contribution in [0.1, 0.15) is 10.5 Å². The van der Waals surface area contributed by atoms with Gasteiger partial charge in [-0.15, -0.1) is 11.3 Å². The monoisotopic (exact) mass is 399 g/mol. The van der Waals surface area contributed by atoms with Gasteiger partial charge >= 0.3 is 0 Å². The Morgan fingerprint density at radius 2 is 1.96 bits per heavy atom. The molecular weight excluding hydrogens is 382 g/mol. The molecule has 0 atom stereocenters. The van der Waals surface area contributed by atoms with Crippen molar-refractivity contribution in [3.63, 3.8) is 0 Å². The maximum absolute atomic E-state index is 12.5. The number of amides is 1. The van der Waals surface area contributed by atoms with Crippen LogP contribution in [0.4, 0.5) is 16.5 Å². The second-order valence-corrected chi connectivity index (χ2v) is 6.61. The molecule has 0 fully saturated rings. The molecule has 0 saturated carbocycles. The van der Waals surface area contributed by atoms with Crippen molar-refractivity contribution in [3.8, 4) is 23.0 Å². The molecule has 0 bridgehead atoms. The van der Waals surface area contributed by atoms with Gasteiger partial charge < -0.3 is 29.6 Å². The molecule has 2 heterocycles. The maximum atomic E-state index is 12.5. The molecular formula is C19H17N3O5S. The van der Waals surface area contributed by atoms with E-state index in [9.17, 15) is 4.79 Å². The molecule has 0 unspecified atom stereocenters. The van der Waals surface area contributed by atoms with Crippen molar-refractivity contribution in [2.75, 3.05) is 31.6 Å². The minimum atomic E-state index is -0.315. The highest BCUT2D eigenvalue weighted by molar-refractivity contribution is 7.14. The fourth-order valence-corrected chi connectivity index (χ4v) is 3.32. The normalized spacial score (nSPS) is 11.8. The van der Waals surface area contributed by atoms with Crippen LogP contribution in [0.25, 0.3) is 0 Å². The molecule has 2 aromatic carbocycles. The van der Waals surface area contributed by atoms with Gasteiger partial charge in [-0.2, -0.15) is 0 Å². The number of methoxy groups -OCH3 is 2. The molecule has 9 heteroatoms. The van der Waals surface area contributed by atoms with Crippen LogP contribution in [-0.4, -0.2) is 31.9 Å². The molecule has 3 aromatic rings. The first-order chi connectivity index (χ1) is 13.7. The van der Waals surface area contributed by atoms with E-state index >= 15 is 0 Å². The summed E-state index contributed by atoms with van der Waals surface area (Å²) in [5, 5.41) is 8.21. The highest BCUT2D eigenvalue weighted by Gasteiger charge is 2.16. The topological polar surface area (TPSA) is 90.9 Å². The number of carbonyl (C=O) groups is 1. The lowest BCUT2D eigenvalue weighted by molar-refractivity contribution is 0.102. The largest absolute Gasteiger partial charge is 0.497 e. The van der Waals surface area contributed by atoms with Crippen LogP contribution < -0.4 is 29.6 Å². The summed E-state index contributed by atoms with van der Waals surface area (Å²) in [7, 11) is 3.17. The number of aromatic nitrogens is 1. The maximum Gasteiger partial charge on any atom is 0.275 e. The highest BCUT2D eigenvalue weighted by atomic mass is 32.1. The minimum Gasteiger partial charge on any atom is -0.497 e. The Labute approximate surface area is 165 Å². The van der Waals surface area contributed by atoms with Gasteiger partial charge in [0.15, 0.2) is 16.6 Å². The van der Waals surface area contributed by atoms with E-state index in [1.54, 1.807) is 43.9 Å². The Balaban J connectivity index is 1.46. The Kier molecular flexibility index (Phi) is 4.90. The molecule has 0 radical (unpaired) electrons. The number of hydrogen-bond acceptors (Lipinski definition) is 8. The van der Waals surface area contributed by atoms with Crippen LogP contribution >= 0.6 is 11.3 Å². The molecule has 0 aliphatic carbocycles. The van der Waals surface area contributed by atoms with E-state index in [1.165, 1.54) is 11.3 Å². The van der Waals surface area contributed by atoms with Gasteiger partial charge in [0.2, 0.25) is 6.79 Å². The summed E-state index contributed by atoms with van der Waals surface area (Å²) in [5.74, 6) is 2.24. The van der Waals surface area contributed by atoms with Gasteiger partial charge in [0.05, 0.1) is 19.9 Å². The number of hydrogen-bond donors (Lipinski definition) is 2. The number of nitrogens with zero attached hydrogens (tertiary/aromatic N) is 1. The first-order valence-corrected chi connectivity index (χ1v) is 9.20. The second kappa shape index (κ2) is 7.65. The molecule has 0 spiro atoms. The molecule has 1 aromatic heterocycles. The van der Waals surface area contributed by atoms with Crippen molar-refractivity contribution in [2.45, 2.75) is 0 Å². The third-order valence-corrected chi connectivity index (χ3v) is 4.78. The standard InChI is InChI=1S/C19H17N3O5S/c1-24-12-4-5-13(16(8-12)25-2)21-19-22-14(9-28-19)18(23)20-11-3-6-15-17(7-11)27-10-26-15/h3-9H,10H2,1-2H3,(H,20,23)(H,21,22). The Hall–Kier alpha value is -3.46. The van der Waals surface area contributed by atoms with Gasteiger partial charge in [0.1, 0.15) is 17.2 Å². The summed E-state index contributed by atoms with van der Waals surface area (Å²) in [6, 6.07) is 10.6. The average molecular weight is 399 g/mol. The van der Waals surface area contributed by atoms with Crippen LogP contribution in [0.5, 0.6) is 23.0 Å². The lowest BCUT2D eigenvalue weighted by atomic mass is 10.2. The fourth-order valence-electron chi connectivity index (χ4n) is 2.62. The number of nitrogens with one attached hydrogen (secondary N) is 2. The van der Waals surface area contributed by atoms with Gasteiger partial charge in [-0.3, -0.25) is 4.79 Å². The van der Waals surface area contributed by atoms with E-state index < -0.39 is 0 Å². The summed E-state index contributed by atoms with van der Waals surface area (Å²) in [6.07, 6.45) is 0. The summed E-state index contributed by atoms with van der Waals surface area (Å²) in [4.78, 5) is 16.8. The zero-order valence-corrected chi connectivity index (χ0v) is 16.0. The summed E-state index contributed by atoms with van der Waals surface area (Å²) in [6.45, 7) is 0.183.